The van der Waals surface area contributed by atoms with Gasteiger partial charge in [0.2, 0.25) is 10.9 Å². The van der Waals surface area contributed by atoms with Crippen LogP contribution in [0.4, 0.5) is 11.4 Å². The lowest BCUT2D eigenvalue weighted by Gasteiger charge is -2.19. The first-order valence-corrected chi connectivity index (χ1v) is 8.31. The van der Waals surface area contributed by atoms with E-state index in [2.05, 4.69) is 5.32 Å². The van der Waals surface area contributed by atoms with Crippen molar-refractivity contribution in [2.75, 3.05) is 23.9 Å². The molecule has 1 atom stereocenters. The molecule has 1 heterocycles. The molecule has 0 bridgehead atoms. The molecule has 0 spiro atoms. The van der Waals surface area contributed by atoms with E-state index in [0.717, 1.165) is 15.6 Å². The minimum atomic E-state index is -0.507. The predicted octanol–water partition coefficient (Wildman–Crippen LogP) is 2.01. The quantitative estimate of drug-likeness (QED) is 0.817. The molecule has 2 aromatic rings. The number of rotatable bonds is 5. The van der Waals surface area contributed by atoms with Gasteiger partial charge in [0.25, 0.3) is 0 Å². The highest BCUT2D eigenvalue weighted by Crippen LogP contribution is 2.45. The third-order valence-corrected chi connectivity index (χ3v) is 5.21. The summed E-state index contributed by atoms with van der Waals surface area (Å²) in [4.78, 5) is 26.9. The second-order valence-electron chi connectivity index (χ2n) is 5.49. The molecule has 0 amide bonds. The van der Waals surface area contributed by atoms with Crippen LogP contribution in [0.15, 0.2) is 43.8 Å². The van der Waals surface area contributed by atoms with Crippen molar-refractivity contribution in [2.24, 2.45) is 0 Å². The Morgan fingerprint density at radius 2 is 2.04 bits per heavy atom. The number of nitrogens with zero attached hydrogens (tertiary/aromatic N) is 1. The molecule has 2 aromatic carbocycles. The second-order valence-corrected chi connectivity index (χ2v) is 6.55. The number of aliphatic hydroxyl groups is 1. The SMILES string of the molecule is CC[C@H](CO)Nc1c(/C=C2/Sc3ccccc3N2C)c(=O)c1=O. The minimum Gasteiger partial charge on any atom is -0.394 e. The topological polar surface area (TPSA) is 69.6 Å². The van der Waals surface area contributed by atoms with E-state index in [4.69, 9.17) is 0 Å². The Kier molecular flexibility index (Phi) is 4.28. The van der Waals surface area contributed by atoms with Crippen molar-refractivity contribution in [1.29, 1.82) is 0 Å². The summed E-state index contributed by atoms with van der Waals surface area (Å²) >= 11 is 1.57. The van der Waals surface area contributed by atoms with E-state index in [-0.39, 0.29) is 12.6 Å². The van der Waals surface area contributed by atoms with Gasteiger partial charge in [0.15, 0.2) is 0 Å². The van der Waals surface area contributed by atoms with Gasteiger partial charge in [-0.2, -0.15) is 0 Å². The van der Waals surface area contributed by atoms with Crippen molar-refractivity contribution in [1.82, 2.24) is 0 Å². The zero-order valence-corrected chi connectivity index (χ0v) is 13.8. The zero-order valence-electron chi connectivity index (χ0n) is 13.0. The molecule has 23 heavy (non-hydrogen) atoms. The van der Waals surface area contributed by atoms with Gasteiger partial charge in [0, 0.05) is 18.0 Å². The van der Waals surface area contributed by atoms with E-state index in [1.165, 1.54) is 0 Å². The Labute approximate surface area is 138 Å². The van der Waals surface area contributed by atoms with Crippen LogP contribution in [0.25, 0.3) is 6.08 Å². The summed E-state index contributed by atoms with van der Waals surface area (Å²) in [6, 6.07) is 7.76. The summed E-state index contributed by atoms with van der Waals surface area (Å²) in [5.41, 5.74) is 0.806. The molecule has 2 N–H and O–H groups in total. The van der Waals surface area contributed by atoms with Gasteiger partial charge in [-0.3, -0.25) is 9.59 Å². The molecule has 0 aliphatic carbocycles. The monoisotopic (exact) mass is 330 g/mol. The Morgan fingerprint density at radius 3 is 2.70 bits per heavy atom. The first kappa shape index (κ1) is 15.8. The van der Waals surface area contributed by atoms with Gasteiger partial charge in [0.05, 0.1) is 28.6 Å². The number of benzene rings is 1. The fourth-order valence-electron chi connectivity index (χ4n) is 2.54. The number of aliphatic hydroxyl groups excluding tert-OH is 1. The Morgan fingerprint density at radius 1 is 1.30 bits per heavy atom. The van der Waals surface area contributed by atoms with Crippen LogP contribution in [0, 0.1) is 0 Å². The number of nitrogens with one attached hydrogen (secondary N) is 1. The molecule has 0 unspecified atom stereocenters. The zero-order chi connectivity index (χ0) is 16.6. The third-order valence-electron chi connectivity index (χ3n) is 4.05. The molecule has 0 radical (unpaired) electrons. The molecular weight excluding hydrogens is 312 g/mol. The summed E-state index contributed by atoms with van der Waals surface area (Å²) in [5, 5.41) is 13.1. The van der Waals surface area contributed by atoms with Crippen LogP contribution in [0.1, 0.15) is 18.9 Å². The van der Waals surface area contributed by atoms with Gasteiger partial charge in [-0.05, 0) is 24.6 Å². The molecule has 0 fully saturated rings. The van der Waals surface area contributed by atoms with E-state index in [9.17, 15) is 14.7 Å². The molecule has 3 rings (SSSR count). The highest BCUT2D eigenvalue weighted by Gasteiger charge is 2.26. The van der Waals surface area contributed by atoms with Gasteiger partial charge in [-0.1, -0.05) is 30.8 Å². The average Bonchev–Trinajstić information content (AvgIpc) is 2.90. The smallest absolute Gasteiger partial charge is 0.250 e. The first-order valence-electron chi connectivity index (χ1n) is 7.49. The highest BCUT2D eigenvalue weighted by atomic mass is 32.2. The van der Waals surface area contributed by atoms with Crippen molar-refractivity contribution in [3.63, 3.8) is 0 Å². The van der Waals surface area contributed by atoms with E-state index >= 15 is 0 Å². The Balaban J connectivity index is 1.92. The van der Waals surface area contributed by atoms with Crippen molar-refractivity contribution in [3.8, 4) is 0 Å². The average molecular weight is 330 g/mol. The summed E-state index contributed by atoms with van der Waals surface area (Å²) < 4.78 is 0. The van der Waals surface area contributed by atoms with Crippen LogP contribution in [0.3, 0.4) is 0 Å². The molecular formula is C17H18N2O3S. The largest absolute Gasteiger partial charge is 0.394 e. The third kappa shape index (κ3) is 2.68. The lowest BCUT2D eigenvalue weighted by Crippen LogP contribution is -2.40. The fraction of sp³-hybridized carbons (Fsp3) is 0.294. The summed E-state index contributed by atoms with van der Waals surface area (Å²) in [7, 11) is 1.94. The summed E-state index contributed by atoms with van der Waals surface area (Å²) in [5.74, 6) is 0. The number of para-hydroxylation sites is 1. The highest BCUT2D eigenvalue weighted by molar-refractivity contribution is 8.03. The number of anilines is 2. The van der Waals surface area contributed by atoms with E-state index in [0.29, 0.717) is 17.7 Å². The molecule has 5 nitrogen and oxygen atoms in total. The molecule has 0 saturated carbocycles. The van der Waals surface area contributed by atoms with Crippen LogP contribution < -0.4 is 21.1 Å². The van der Waals surface area contributed by atoms with Crippen molar-refractivity contribution < 1.29 is 5.11 Å². The predicted molar refractivity (Wildman–Crippen MR) is 94.8 cm³/mol. The Hall–Kier alpha value is -2.05. The number of fused-ring (bicyclic) bond motifs is 1. The van der Waals surface area contributed by atoms with Gasteiger partial charge in [-0.25, -0.2) is 0 Å². The van der Waals surface area contributed by atoms with Gasteiger partial charge < -0.3 is 15.3 Å². The fourth-order valence-corrected chi connectivity index (χ4v) is 3.63. The molecule has 0 aromatic heterocycles. The van der Waals surface area contributed by atoms with E-state index in [1.807, 2.05) is 43.1 Å². The van der Waals surface area contributed by atoms with Crippen LogP contribution in [0.2, 0.25) is 0 Å². The van der Waals surface area contributed by atoms with Gasteiger partial charge in [-0.15, -0.1) is 0 Å². The number of thioether (sulfide) groups is 1. The normalized spacial score (nSPS) is 16.8. The van der Waals surface area contributed by atoms with Crippen LogP contribution in [-0.2, 0) is 0 Å². The molecule has 1 aliphatic rings. The number of hydrogen-bond donors (Lipinski definition) is 2. The van der Waals surface area contributed by atoms with Gasteiger partial charge in [0.1, 0.15) is 0 Å². The summed E-state index contributed by atoms with van der Waals surface area (Å²) in [6.45, 7) is 1.83. The first-order chi connectivity index (χ1) is 11.1. The molecule has 0 saturated heterocycles. The maximum Gasteiger partial charge on any atom is 0.250 e. The maximum absolute atomic E-state index is 11.9. The minimum absolute atomic E-state index is 0.0780. The van der Waals surface area contributed by atoms with Gasteiger partial charge >= 0.3 is 0 Å². The van der Waals surface area contributed by atoms with Crippen LogP contribution in [0.5, 0.6) is 0 Å². The Bertz CT molecular complexity index is 833. The molecule has 6 heteroatoms. The van der Waals surface area contributed by atoms with Crippen molar-refractivity contribution in [2.45, 2.75) is 24.3 Å². The lowest BCUT2D eigenvalue weighted by atomic mass is 10.1. The van der Waals surface area contributed by atoms with Crippen molar-refractivity contribution in [3.05, 3.63) is 55.3 Å². The van der Waals surface area contributed by atoms with Crippen LogP contribution >= 0.6 is 11.8 Å². The van der Waals surface area contributed by atoms with Crippen molar-refractivity contribution >= 4 is 29.2 Å². The maximum atomic E-state index is 11.9. The molecule has 1 aliphatic heterocycles. The standard InChI is InChI=1S/C17H18N2O3S/c1-3-10(9-20)18-15-11(16(21)17(15)22)8-14-19(2)12-6-4-5-7-13(12)23-14/h4-8,10,18,20H,3,9H2,1-2H3/b14-8+/t10-/m1/s1. The second kappa shape index (κ2) is 6.22. The molecule has 120 valence electrons. The summed E-state index contributed by atoms with van der Waals surface area (Å²) in [6.07, 6.45) is 2.42. The lowest BCUT2D eigenvalue weighted by molar-refractivity contribution is 0.271. The number of hydrogen-bond acceptors (Lipinski definition) is 6. The van der Waals surface area contributed by atoms with E-state index in [1.54, 1.807) is 17.8 Å². The van der Waals surface area contributed by atoms with E-state index < -0.39 is 10.9 Å². The van der Waals surface area contributed by atoms with Crippen LogP contribution in [-0.4, -0.2) is 24.8 Å².